The first kappa shape index (κ1) is 15.1. The molecule has 0 aromatic carbocycles. The minimum absolute atomic E-state index is 0.449. The molecule has 0 aliphatic carbocycles. The van der Waals surface area contributed by atoms with Crippen LogP contribution in [0.15, 0.2) is 6.33 Å². The fraction of sp³-hybridized carbons (Fsp3) is 0.846. The third-order valence-electron chi connectivity index (χ3n) is 2.89. The molecule has 0 bridgehead atoms. The van der Waals surface area contributed by atoms with Gasteiger partial charge >= 0.3 is 0 Å². The topological polar surface area (TPSA) is 63.0 Å². The van der Waals surface area contributed by atoms with Crippen LogP contribution in [-0.2, 0) is 13.0 Å². The second kappa shape index (κ2) is 6.85. The largest absolute Gasteiger partial charge is 0.390 e. The number of rotatable bonds is 8. The lowest BCUT2D eigenvalue weighted by Gasteiger charge is -2.23. The zero-order valence-electron chi connectivity index (χ0n) is 12.0. The van der Waals surface area contributed by atoms with Crippen molar-refractivity contribution in [2.45, 2.75) is 65.1 Å². The molecule has 0 radical (unpaired) electrons. The van der Waals surface area contributed by atoms with Crippen LogP contribution < -0.4 is 5.32 Å². The zero-order valence-corrected chi connectivity index (χ0v) is 12.0. The molecule has 1 rings (SSSR count). The molecule has 0 spiro atoms. The van der Waals surface area contributed by atoms with E-state index in [1.807, 2.05) is 11.6 Å². The summed E-state index contributed by atoms with van der Waals surface area (Å²) in [6, 6.07) is 0.449. The third kappa shape index (κ3) is 5.14. The van der Waals surface area contributed by atoms with Gasteiger partial charge in [-0.3, -0.25) is 4.68 Å². The minimum atomic E-state index is -0.736. The van der Waals surface area contributed by atoms with E-state index in [1.165, 1.54) is 0 Å². The van der Waals surface area contributed by atoms with Gasteiger partial charge in [-0.05, 0) is 26.3 Å². The predicted molar refractivity (Wildman–Crippen MR) is 72.4 cm³/mol. The fourth-order valence-electron chi connectivity index (χ4n) is 1.88. The lowest BCUT2D eigenvalue weighted by Crippen LogP contribution is -2.35. The van der Waals surface area contributed by atoms with Crippen molar-refractivity contribution in [3.63, 3.8) is 0 Å². The normalized spacial score (nSPS) is 15.0. The Balaban J connectivity index is 2.50. The molecule has 0 aliphatic rings. The van der Waals surface area contributed by atoms with E-state index in [9.17, 15) is 5.11 Å². The maximum Gasteiger partial charge on any atom is 0.138 e. The minimum Gasteiger partial charge on any atom is -0.390 e. The van der Waals surface area contributed by atoms with Crippen LogP contribution in [0, 0.1) is 0 Å². The second-order valence-corrected chi connectivity index (χ2v) is 5.43. The van der Waals surface area contributed by atoms with Gasteiger partial charge in [-0.15, -0.1) is 0 Å². The maximum atomic E-state index is 10.4. The monoisotopic (exact) mass is 254 g/mol. The molecule has 0 saturated carbocycles. The number of aryl methyl sites for hydroxylation is 1. The second-order valence-electron chi connectivity index (χ2n) is 5.43. The molecule has 18 heavy (non-hydrogen) atoms. The van der Waals surface area contributed by atoms with Crippen molar-refractivity contribution in [2.24, 2.45) is 0 Å². The van der Waals surface area contributed by atoms with Gasteiger partial charge in [0.1, 0.15) is 12.2 Å². The van der Waals surface area contributed by atoms with Gasteiger partial charge < -0.3 is 10.4 Å². The van der Waals surface area contributed by atoms with E-state index in [-0.39, 0.29) is 0 Å². The zero-order chi connectivity index (χ0) is 13.6. The summed E-state index contributed by atoms with van der Waals surface area (Å²) in [5, 5.41) is 17.9. The summed E-state index contributed by atoms with van der Waals surface area (Å²) in [5.41, 5.74) is -0.736. The average molecular weight is 254 g/mol. The van der Waals surface area contributed by atoms with Crippen LogP contribution in [0.1, 0.15) is 46.4 Å². The van der Waals surface area contributed by atoms with Gasteiger partial charge in [-0.1, -0.05) is 20.8 Å². The van der Waals surface area contributed by atoms with E-state index >= 15 is 0 Å². The molecule has 104 valence electrons. The van der Waals surface area contributed by atoms with Gasteiger partial charge in [0.05, 0.1) is 5.60 Å². The summed E-state index contributed by atoms with van der Waals surface area (Å²) in [5.74, 6) is 0.867. The molecular weight excluding hydrogens is 228 g/mol. The molecule has 0 fully saturated rings. The van der Waals surface area contributed by atoms with Crippen LogP contribution in [0.4, 0.5) is 0 Å². The molecule has 1 heterocycles. The quantitative estimate of drug-likeness (QED) is 0.735. The van der Waals surface area contributed by atoms with Crippen LogP contribution in [0.3, 0.4) is 0 Å². The first-order chi connectivity index (χ1) is 8.44. The summed E-state index contributed by atoms with van der Waals surface area (Å²) in [4.78, 5) is 4.23. The van der Waals surface area contributed by atoms with E-state index in [4.69, 9.17) is 0 Å². The van der Waals surface area contributed by atoms with Crippen molar-refractivity contribution in [1.82, 2.24) is 20.1 Å². The summed E-state index contributed by atoms with van der Waals surface area (Å²) in [7, 11) is 0. The van der Waals surface area contributed by atoms with Crippen LogP contribution in [0.25, 0.3) is 0 Å². The first-order valence-electron chi connectivity index (χ1n) is 6.77. The van der Waals surface area contributed by atoms with E-state index in [1.54, 1.807) is 6.33 Å². The number of hydrogen-bond donors (Lipinski definition) is 2. The van der Waals surface area contributed by atoms with Gasteiger partial charge in [0.25, 0.3) is 0 Å². The van der Waals surface area contributed by atoms with Crippen molar-refractivity contribution in [2.75, 3.05) is 6.54 Å². The molecule has 2 N–H and O–H groups in total. The predicted octanol–water partition coefficient (Wildman–Crippen LogP) is 1.37. The van der Waals surface area contributed by atoms with Crippen LogP contribution in [0.5, 0.6) is 0 Å². The molecule has 0 saturated heterocycles. The number of nitrogens with one attached hydrogen (secondary N) is 1. The summed E-state index contributed by atoms with van der Waals surface area (Å²) < 4.78 is 1.88. The molecule has 1 aromatic rings. The van der Waals surface area contributed by atoms with Crippen molar-refractivity contribution < 1.29 is 5.11 Å². The summed E-state index contributed by atoms with van der Waals surface area (Å²) in [6.45, 7) is 9.84. The molecule has 0 amide bonds. The highest BCUT2D eigenvalue weighted by Crippen LogP contribution is 2.15. The molecule has 5 heteroatoms. The summed E-state index contributed by atoms with van der Waals surface area (Å²) >= 11 is 0. The average Bonchev–Trinajstić information content (AvgIpc) is 2.64. The van der Waals surface area contributed by atoms with Crippen molar-refractivity contribution in [3.8, 4) is 0 Å². The molecule has 5 nitrogen and oxygen atoms in total. The van der Waals surface area contributed by atoms with Crippen molar-refractivity contribution in [3.05, 3.63) is 12.2 Å². The van der Waals surface area contributed by atoms with E-state index in [0.29, 0.717) is 18.9 Å². The number of aliphatic hydroxyl groups is 1. The van der Waals surface area contributed by atoms with Gasteiger partial charge in [0.15, 0.2) is 0 Å². The highest BCUT2D eigenvalue weighted by atomic mass is 16.3. The Bertz CT molecular complexity index is 347. The molecular formula is C13H26N4O. The maximum absolute atomic E-state index is 10.4. The Morgan fingerprint density at radius 1 is 1.50 bits per heavy atom. The van der Waals surface area contributed by atoms with Gasteiger partial charge in [0.2, 0.25) is 0 Å². The number of hydrogen-bond acceptors (Lipinski definition) is 4. The first-order valence-corrected chi connectivity index (χ1v) is 6.77. The Morgan fingerprint density at radius 2 is 2.22 bits per heavy atom. The fourth-order valence-corrected chi connectivity index (χ4v) is 1.88. The Kier molecular flexibility index (Phi) is 5.75. The molecule has 1 aromatic heterocycles. The summed E-state index contributed by atoms with van der Waals surface area (Å²) in [6.07, 6.45) is 3.85. The smallest absolute Gasteiger partial charge is 0.138 e. The SMILES string of the molecule is CCCn1ncnc1CC(C)(O)CCNC(C)C. The molecule has 0 aliphatic heterocycles. The highest BCUT2D eigenvalue weighted by Gasteiger charge is 2.23. The van der Waals surface area contributed by atoms with Crippen LogP contribution >= 0.6 is 0 Å². The van der Waals surface area contributed by atoms with Gasteiger partial charge in [-0.2, -0.15) is 5.10 Å². The van der Waals surface area contributed by atoms with Crippen molar-refractivity contribution >= 4 is 0 Å². The van der Waals surface area contributed by atoms with Crippen molar-refractivity contribution in [1.29, 1.82) is 0 Å². The highest BCUT2D eigenvalue weighted by molar-refractivity contribution is 4.93. The van der Waals surface area contributed by atoms with E-state index in [0.717, 1.165) is 25.3 Å². The number of nitrogens with zero attached hydrogens (tertiary/aromatic N) is 3. The van der Waals surface area contributed by atoms with E-state index < -0.39 is 5.60 Å². The van der Waals surface area contributed by atoms with Gasteiger partial charge in [0, 0.05) is 19.0 Å². The number of aromatic nitrogens is 3. The Morgan fingerprint density at radius 3 is 2.83 bits per heavy atom. The lowest BCUT2D eigenvalue weighted by atomic mass is 9.97. The lowest BCUT2D eigenvalue weighted by molar-refractivity contribution is 0.0479. The Hall–Kier alpha value is -0.940. The van der Waals surface area contributed by atoms with Gasteiger partial charge in [-0.25, -0.2) is 4.98 Å². The van der Waals surface area contributed by atoms with Crippen LogP contribution in [-0.4, -0.2) is 38.1 Å². The van der Waals surface area contributed by atoms with Crippen LogP contribution in [0.2, 0.25) is 0 Å². The Labute approximate surface area is 110 Å². The molecule has 1 unspecified atom stereocenters. The third-order valence-corrected chi connectivity index (χ3v) is 2.89. The molecule has 1 atom stereocenters. The standard InChI is InChI=1S/C13H26N4O/c1-5-8-17-12(15-10-16-17)9-13(4,18)6-7-14-11(2)3/h10-11,14,18H,5-9H2,1-4H3. The van der Waals surface area contributed by atoms with E-state index in [2.05, 4.69) is 36.2 Å².